The Morgan fingerprint density at radius 1 is 1.29 bits per heavy atom. The lowest BCUT2D eigenvalue weighted by Gasteiger charge is -2.27. The highest BCUT2D eigenvalue weighted by Gasteiger charge is 2.16. The third-order valence-electron chi connectivity index (χ3n) is 3.64. The summed E-state index contributed by atoms with van der Waals surface area (Å²) in [5.74, 6) is 1.26. The van der Waals surface area contributed by atoms with Crippen molar-refractivity contribution in [3.63, 3.8) is 0 Å². The van der Waals surface area contributed by atoms with E-state index in [1.807, 2.05) is 0 Å². The van der Waals surface area contributed by atoms with E-state index >= 15 is 0 Å². The van der Waals surface area contributed by atoms with Gasteiger partial charge in [0.25, 0.3) is 5.91 Å². The Morgan fingerprint density at radius 3 is 2.83 bits per heavy atom. The Hall–Kier alpha value is -2.38. The molecule has 1 saturated heterocycles. The molecule has 0 unspecified atom stereocenters. The van der Waals surface area contributed by atoms with Crippen molar-refractivity contribution in [3.05, 3.63) is 41.2 Å². The van der Waals surface area contributed by atoms with Gasteiger partial charge in [0.05, 0.1) is 25.9 Å². The number of hydrogen-bond donors (Lipinski definition) is 1. The maximum Gasteiger partial charge on any atom is 0.260 e. The van der Waals surface area contributed by atoms with Crippen LogP contribution in [0.3, 0.4) is 0 Å². The minimum Gasteiger partial charge on any atom is -0.496 e. The van der Waals surface area contributed by atoms with Gasteiger partial charge in [-0.3, -0.25) is 4.79 Å². The maximum atomic E-state index is 12.5. The molecule has 1 fully saturated rings. The molecule has 24 heavy (non-hydrogen) atoms. The number of hydrogen-bond acceptors (Lipinski definition) is 6. The van der Waals surface area contributed by atoms with E-state index in [9.17, 15) is 4.79 Å². The number of nitrogens with one attached hydrogen (secondary N) is 1. The van der Waals surface area contributed by atoms with Crippen LogP contribution in [0.4, 0.5) is 11.6 Å². The molecule has 2 aromatic rings. The number of ether oxygens (including phenoxy) is 2. The van der Waals surface area contributed by atoms with Gasteiger partial charge in [0, 0.05) is 24.2 Å². The first-order valence-corrected chi connectivity index (χ1v) is 7.85. The summed E-state index contributed by atoms with van der Waals surface area (Å²) in [5, 5.41) is 3.21. The molecular weight excluding hydrogens is 332 g/mol. The number of methoxy groups -OCH3 is 1. The summed E-state index contributed by atoms with van der Waals surface area (Å²) in [6.07, 6.45) is 1.43. The summed E-state index contributed by atoms with van der Waals surface area (Å²) < 4.78 is 10.5. The molecule has 1 aromatic carbocycles. The molecule has 7 nitrogen and oxygen atoms in total. The van der Waals surface area contributed by atoms with Gasteiger partial charge < -0.3 is 19.7 Å². The second-order valence-corrected chi connectivity index (χ2v) is 5.60. The van der Waals surface area contributed by atoms with E-state index < -0.39 is 0 Å². The fourth-order valence-electron chi connectivity index (χ4n) is 2.42. The molecule has 1 aliphatic rings. The number of rotatable bonds is 4. The van der Waals surface area contributed by atoms with Crippen LogP contribution in [0.15, 0.2) is 30.6 Å². The molecule has 0 saturated carbocycles. The minimum atomic E-state index is -0.346. The van der Waals surface area contributed by atoms with Crippen LogP contribution in [0.5, 0.6) is 5.75 Å². The molecule has 3 rings (SSSR count). The van der Waals surface area contributed by atoms with Crippen LogP contribution in [0.1, 0.15) is 10.4 Å². The van der Waals surface area contributed by atoms with Gasteiger partial charge in [-0.15, -0.1) is 0 Å². The van der Waals surface area contributed by atoms with Crippen molar-refractivity contribution in [1.82, 2.24) is 9.97 Å². The van der Waals surface area contributed by atoms with Crippen LogP contribution in [-0.2, 0) is 4.74 Å². The quantitative estimate of drug-likeness (QED) is 0.913. The zero-order chi connectivity index (χ0) is 16.9. The van der Waals surface area contributed by atoms with E-state index in [-0.39, 0.29) is 5.91 Å². The second-order valence-electron chi connectivity index (χ2n) is 5.16. The third-order valence-corrected chi connectivity index (χ3v) is 3.87. The zero-order valence-corrected chi connectivity index (χ0v) is 13.9. The third kappa shape index (κ3) is 3.74. The molecule has 1 aromatic heterocycles. The second kappa shape index (κ2) is 7.46. The van der Waals surface area contributed by atoms with E-state index in [1.165, 1.54) is 13.4 Å². The van der Waals surface area contributed by atoms with Crippen LogP contribution in [0, 0.1) is 0 Å². The van der Waals surface area contributed by atoms with Crippen LogP contribution in [0.2, 0.25) is 5.02 Å². The zero-order valence-electron chi connectivity index (χ0n) is 13.2. The Kier molecular flexibility index (Phi) is 5.12. The first kappa shape index (κ1) is 16.5. The van der Waals surface area contributed by atoms with Crippen molar-refractivity contribution in [1.29, 1.82) is 0 Å². The van der Waals surface area contributed by atoms with Gasteiger partial charge in [0.15, 0.2) is 0 Å². The fourth-order valence-corrected chi connectivity index (χ4v) is 2.59. The Bertz CT molecular complexity index is 735. The minimum absolute atomic E-state index is 0.344. The molecular formula is C16H17ClN4O3. The highest BCUT2D eigenvalue weighted by Crippen LogP contribution is 2.24. The number of amides is 1. The highest BCUT2D eigenvalue weighted by atomic mass is 35.5. The van der Waals surface area contributed by atoms with Crippen molar-refractivity contribution in [2.75, 3.05) is 43.6 Å². The van der Waals surface area contributed by atoms with E-state index in [2.05, 4.69) is 20.2 Å². The summed E-state index contributed by atoms with van der Waals surface area (Å²) >= 11 is 5.97. The number of halogens is 1. The number of benzene rings is 1. The van der Waals surface area contributed by atoms with Crippen molar-refractivity contribution in [3.8, 4) is 5.75 Å². The molecule has 0 atom stereocenters. The first-order valence-electron chi connectivity index (χ1n) is 7.47. The summed E-state index contributed by atoms with van der Waals surface area (Å²) in [5.41, 5.74) is 0.344. The molecule has 126 valence electrons. The molecule has 0 spiro atoms. The van der Waals surface area contributed by atoms with E-state index in [1.54, 1.807) is 24.3 Å². The van der Waals surface area contributed by atoms with Crippen molar-refractivity contribution >= 4 is 29.1 Å². The van der Waals surface area contributed by atoms with E-state index in [0.29, 0.717) is 35.4 Å². The van der Waals surface area contributed by atoms with Crippen molar-refractivity contribution < 1.29 is 14.3 Å². The standard InChI is InChI=1S/C16H17ClN4O3/c1-23-13-3-2-11(17)8-12(13)16(22)20-14-9-15(19-10-18-14)21-4-6-24-7-5-21/h2-3,8-10H,4-7H2,1H3,(H,18,19,20,22). The van der Waals surface area contributed by atoms with Crippen LogP contribution >= 0.6 is 11.6 Å². The van der Waals surface area contributed by atoms with Crippen LogP contribution in [-0.4, -0.2) is 49.3 Å². The monoisotopic (exact) mass is 348 g/mol. The summed E-state index contributed by atoms with van der Waals surface area (Å²) in [6.45, 7) is 2.83. The predicted molar refractivity (Wildman–Crippen MR) is 91.0 cm³/mol. The van der Waals surface area contributed by atoms with Gasteiger partial charge in [-0.2, -0.15) is 0 Å². The van der Waals surface area contributed by atoms with E-state index in [4.69, 9.17) is 21.1 Å². The van der Waals surface area contributed by atoms with Gasteiger partial charge in [0.2, 0.25) is 0 Å². The summed E-state index contributed by atoms with van der Waals surface area (Å²) in [7, 11) is 1.50. The highest BCUT2D eigenvalue weighted by molar-refractivity contribution is 6.31. The molecule has 0 bridgehead atoms. The maximum absolute atomic E-state index is 12.5. The Balaban J connectivity index is 1.78. The number of anilines is 2. The average Bonchev–Trinajstić information content (AvgIpc) is 2.62. The fraction of sp³-hybridized carbons (Fsp3) is 0.312. The van der Waals surface area contributed by atoms with Gasteiger partial charge in [-0.05, 0) is 18.2 Å². The lowest BCUT2D eigenvalue weighted by molar-refractivity contribution is 0.102. The molecule has 8 heteroatoms. The Morgan fingerprint density at radius 2 is 2.08 bits per heavy atom. The summed E-state index contributed by atoms with van der Waals surface area (Å²) in [6, 6.07) is 6.61. The first-order chi connectivity index (χ1) is 11.7. The average molecular weight is 349 g/mol. The van der Waals surface area contributed by atoms with Crippen LogP contribution < -0.4 is 15.0 Å². The number of nitrogens with zero attached hydrogens (tertiary/aromatic N) is 3. The van der Waals surface area contributed by atoms with Gasteiger partial charge in [0.1, 0.15) is 23.7 Å². The topological polar surface area (TPSA) is 76.6 Å². The summed E-state index contributed by atoms with van der Waals surface area (Å²) in [4.78, 5) is 22.9. The van der Waals surface area contributed by atoms with Gasteiger partial charge >= 0.3 is 0 Å². The normalized spacial score (nSPS) is 14.3. The molecule has 0 radical (unpaired) electrons. The number of aromatic nitrogens is 2. The van der Waals surface area contributed by atoms with Gasteiger partial charge in [-0.25, -0.2) is 9.97 Å². The molecule has 1 aliphatic heterocycles. The largest absolute Gasteiger partial charge is 0.496 e. The van der Waals surface area contributed by atoms with Crippen molar-refractivity contribution in [2.24, 2.45) is 0 Å². The molecule has 1 N–H and O–H groups in total. The van der Waals surface area contributed by atoms with Crippen LogP contribution in [0.25, 0.3) is 0 Å². The Labute approximate surface area is 144 Å². The smallest absolute Gasteiger partial charge is 0.260 e. The number of carbonyl (C=O) groups is 1. The number of morpholine rings is 1. The molecule has 2 heterocycles. The molecule has 0 aliphatic carbocycles. The molecule has 1 amide bonds. The van der Waals surface area contributed by atoms with E-state index in [0.717, 1.165) is 18.9 Å². The SMILES string of the molecule is COc1ccc(Cl)cc1C(=O)Nc1cc(N2CCOCC2)ncn1. The van der Waals surface area contributed by atoms with Gasteiger partial charge in [-0.1, -0.05) is 11.6 Å². The predicted octanol–water partition coefficient (Wildman–Crippen LogP) is 2.23. The lowest BCUT2D eigenvalue weighted by Crippen LogP contribution is -2.36. The lowest BCUT2D eigenvalue weighted by atomic mass is 10.2. The number of carbonyl (C=O) groups excluding carboxylic acids is 1. The van der Waals surface area contributed by atoms with Crippen molar-refractivity contribution in [2.45, 2.75) is 0 Å².